The molecule has 0 atom stereocenters. The maximum Gasteiger partial charge on any atom is 0.246 e. The van der Waals surface area contributed by atoms with Crippen LogP contribution in [0.3, 0.4) is 0 Å². The molecule has 0 unspecified atom stereocenters. The number of hydrogen-bond acceptors (Lipinski definition) is 4. The second-order valence-electron chi connectivity index (χ2n) is 8.18. The fourth-order valence-corrected chi connectivity index (χ4v) is 4.35. The number of amides is 1. The van der Waals surface area contributed by atoms with E-state index >= 15 is 0 Å². The highest BCUT2D eigenvalue weighted by atomic mass is 35.5. The molecule has 1 fully saturated rings. The minimum absolute atomic E-state index is 0.0240. The van der Waals surface area contributed by atoms with Crippen LogP contribution >= 0.6 is 11.6 Å². The Hall–Kier alpha value is -2.92. The quantitative estimate of drug-likeness (QED) is 0.455. The van der Waals surface area contributed by atoms with Gasteiger partial charge < -0.3 is 19.0 Å². The molecule has 0 spiro atoms. The number of allylic oxidation sites excluding steroid dienone is 1. The third kappa shape index (κ3) is 4.49. The lowest BCUT2D eigenvalue weighted by Gasteiger charge is -2.35. The second-order valence-corrected chi connectivity index (χ2v) is 8.62. The molecule has 1 saturated heterocycles. The number of piperazine rings is 1. The monoisotopic (exact) mass is 452 g/mol. The number of furan rings is 1. The number of carbonyl (C=O) groups is 1. The van der Waals surface area contributed by atoms with E-state index in [1.807, 2.05) is 49.9 Å². The van der Waals surface area contributed by atoms with Crippen LogP contribution in [-0.2, 0) is 4.79 Å². The highest BCUT2D eigenvalue weighted by Crippen LogP contribution is 2.35. The average molecular weight is 453 g/mol. The predicted octanol–water partition coefficient (Wildman–Crippen LogP) is 5.85. The fraction of sp³-hybridized carbons (Fsp3) is 0.346. The molecule has 0 saturated carbocycles. The molecular weight excluding hydrogens is 424 g/mol. The molecule has 6 heteroatoms. The van der Waals surface area contributed by atoms with Crippen molar-refractivity contribution >= 4 is 39.7 Å². The van der Waals surface area contributed by atoms with Gasteiger partial charge >= 0.3 is 0 Å². The van der Waals surface area contributed by atoms with Crippen molar-refractivity contribution in [1.82, 2.24) is 4.90 Å². The minimum atomic E-state index is 0.0240. The molecule has 1 aliphatic rings. The topological polar surface area (TPSA) is 45.9 Å². The number of anilines is 1. The molecule has 3 aromatic rings. The van der Waals surface area contributed by atoms with Gasteiger partial charge in [0.25, 0.3) is 0 Å². The van der Waals surface area contributed by atoms with E-state index in [0.717, 1.165) is 63.0 Å². The normalized spacial score (nSPS) is 14.8. The van der Waals surface area contributed by atoms with Gasteiger partial charge in [0.2, 0.25) is 5.91 Å². The first-order chi connectivity index (χ1) is 15.4. The number of benzene rings is 2. The third-order valence-corrected chi connectivity index (χ3v) is 6.34. The summed E-state index contributed by atoms with van der Waals surface area (Å²) in [6.07, 6.45) is 1.72. The number of halogens is 1. The van der Waals surface area contributed by atoms with Gasteiger partial charge in [-0.3, -0.25) is 4.79 Å². The van der Waals surface area contributed by atoms with Gasteiger partial charge in [-0.1, -0.05) is 17.7 Å². The summed E-state index contributed by atoms with van der Waals surface area (Å²) in [6, 6.07) is 11.9. The molecule has 0 bridgehead atoms. The van der Waals surface area contributed by atoms with Crippen LogP contribution in [0.1, 0.15) is 30.7 Å². The molecule has 1 amide bonds. The Balaban J connectivity index is 1.52. The van der Waals surface area contributed by atoms with Crippen molar-refractivity contribution in [3.63, 3.8) is 0 Å². The van der Waals surface area contributed by atoms with Crippen molar-refractivity contribution in [3.8, 4) is 5.75 Å². The first kappa shape index (κ1) is 22.3. The predicted molar refractivity (Wildman–Crippen MR) is 131 cm³/mol. The molecule has 168 valence electrons. The zero-order chi connectivity index (χ0) is 22.8. The van der Waals surface area contributed by atoms with Crippen LogP contribution in [0, 0.1) is 13.8 Å². The van der Waals surface area contributed by atoms with Crippen LogP contribution in [0.4, 0.5) is 5.69 Å². The summed E-state index contributed by atoms with van der Waals surface area (Å²) in [5, 5.41) is 1.78. The molecule has 4 rings (SSSR count). The van der Waals surface area contributed by atoms with E-state index in [4.69, 9.17) is 20.8 Å². The third-order valence-electron chi connectivity index (χ3n) is 6.11. The number of fused-ring (bicyclic) bond motifs is 1. The van der Waals surface area contributed by atoms with Crippen LogP contribution in [-0.4, -0.2) is 43.6 Å². The molecule has 0 aliphatic carbocycles. The van der Waals surface area contributed by atoms with Crippen molar-refractivity contribution in [3.05, 3.63) is 64.4 Å². The SMILES string of the molecule is CCOc1cc2oc(C)c(C)c2cc1/C(C)=C/C(=O)N1CCN(c2cccc(Cl)c2)CC1. The lowest BCUT2D eigenvalue weighted by atomic mass is 10.0. The van der Waals surface area contributed by atoms with E-state index in [0.29, 0.717) is 19.7 Å². The van der Waals surface area contributed by atoms with E-state index in [1.165, 1.54) is 0 Å². The molecule has 0 radical (unpaired) electrons. The maximum atomic E-state index is 13.0. The Kier molecular flexibility index (Phi) is 6.47. The molecular formula is C26H29ClN2O3. The Morgan fingerprint density at radius 1 is 1.16 bits per heavy atom. The number of nitrogens with zero attached hydrogens (tertiary/aromatic N) is 2. The van der Waals surface area contributed by atoms with Crippen molar-refractivity contribution in [2.45, 2.75) is 27.7 Å². The first-order valence-corrected chi connectivity index (χ1v) is 11.4. The Labute approximate surface area is 194 Å². The Morgan fingerprint density at radius 2 is 1.91 bits per heavy atom. The Bertz CT molecular complexity index is 1170. The second kappa shape index (κ2) is 9.29. The largest absolute Gasteiger partial charge is 0.493 e. The standard InChI is InChI=1S/C26H29ClN2O3/c1-5-31-24-16-25-23(18(3)19(4)32-25)15-22(24)17(2)13-26(30)29-11-9-28(10-12-29)21-8-6-7-20(27)14-21/h6-8,13-16H,5,9-12H2,1-4H3/b17-13+. The number of carbonyl (C=O) groups excluding carboxylic acids is 1. The van der Waals surface area contributed by atoms with Gasteiger partial charge in [0.15, 0.2) is 0 Å². The zero-order valence-electron chi connectivity index (χ0n) is 19.1. The van der Waals surface area contributed by atoms with E-state index in [2.05, 4.69) is 24.0 Å². The molecule has 2 aromatic carbocycles. The van der Waals surface area contributed by atoms with Gasteiger partial charge in [0.05, 0.1) is 6.61 Å². The molecule has 1 aromatic heterocycles. The summed E-state index contributed by atoms with van der Waals surface area (Å²) in [5.41, 5.74) is 4.82. The lowest BCUT2D eigenvalue weighted by Crippen LogP contribution is -2.48. The highest BCUT2D eigenvalue weighted by Gasteiger charge is 2.21. The molecule has 0 N–H and O–H groups in total. The van der Waals surface area contributed by atoms with Crippen molar-refractivity contribution in [1.29, 1.82) is 0 Å². The smallest absolute Gasteiger partial charge is 0.246 e. The van der Waals surface area contributed by atoms with E-state index in [9.17, 15) is 4.79 Å². The van der Waals surface area contributed by atoms with Crippen LogP contribution < -0.4 is 9.64 Å². The van der Waals surface area contributed by atoms with Crippen molar-refractivity contribution < 1.29 is 13.9 Å². The number of hydrogen-bond donors (Lipinski definition) is 0. The van der Waals surface area contributed by atoms with E-state index < -0.39 is 0 Å². The lowest BCUT2D eigenvalue weighted by molar-refractivity contribution is -0.126. The van der Waals surface area contributed by atoms with Gasteiger partial charge in [-0.15, -0.1) is 0 Å². The van der Waals surface area contributed by atoms with Gasteiger partial charge in [0.1, 0.15) is 17.1 Å². The average Bonchev–Trinajstić information content (AvgIpc) is 3.06. The summed E-state index contributed by atoms with van der Waals surface area (Å²) in [7, 11) is 0. The summed E-state index contributed by atoms with van der Waals surface area (Å²) in [6.45, 7) is 11.4. The molecule has 1 aliphatic heterocycles. The van der Waals surface area contributed by atoms with Crippen LogP contribution in [0.15, 0.2) is 46.9 Å². The van der Waals surface area contributed by atoms with Crippen LogP contribution in [0.25, 0.3) is 16.5 Å². The van der Waals surface area contributed by atoms with Crippen molar-refractivity contribution in [2.24, 2.45) is 0 Å². The van der Waals surface area contributed by atoms with E-state index in [1.54, 1.807) is 6.08 Å². The van der Waals surface area contributed by atoms with Crippen LogP contribution in [0.5, 0.6) is 5.75 Å². The molecule has 5 nitrogen and oxygen atoms in total. The fourth-order valence-electron chi connectivity index (χ4n) is 4.16. The molecule has 2 heterocycles. The van der Waals surface area contributed by atoms with Crippen molar-refractivity contribution in [2.75, 3.05) is 37.7 Å². The van der Waals surface area contributed by atoms with Gasteiger partial charge in [-0.2, -0.15) is 0 Å². The van der Waals surface area contributed by atoms with Gasteiger partial charge in [-0.25, -0.2) is 0 Å². The summed E-state index contributed by atoms with van der Waals surface area (Å²) in [4.78, 5) is 17.2. The highest BCUT2D eigenvalue weighted by molar-refractivity contribution is 6.30. The van der Waals surface area contributed by atoms with E-state index in [-0.39, 0.29) is 5.91 Å². The number of rotatable bonds is 5. The van der Waals surface area contributed by atoms with Gasteiger partial charge in [-0.05, 0) is 63.1 Å². The number of ether oxygens (including phenoxy) is 1. The summed E-state index contributed by atoms with van der Waals surface area (Å²) < 4.78 is 11.7. The zero-order valence-corrected chi connectivity index (χ0v) is 19.8. The summed E-state index contributed by atoms with van der Waals surface area (Å²) >= 11 is 6.13. The Morgan fingerprint density at radius 3 is 2.59 bits per heavy atom. The van der Waals surface area contributed by atoms with Gasteiger partial charge in [0, 0.05) is 60.0 Å². The first-order valence-electron chi connectivity index (χ1n) is 11.0. The van der Waals surface area contributed by atoms with Crippen LogP contribution in [0.2, 0.25) is 5.02 Å². The maximum absolute atomic E-state index is 13.0. The number of aryl methyl sites for hydroxylation is 2. The molecule has 32 heavy (non-hydrogen) atoms. The minimum Gasteiger partial charge on any atom is -0.493 e. The summed E-state index contributed by atoms with van der Waals surface area (Å²) in [5.74, 6) is 1.66.